The first-order valence-corrected chi connectivity index (χ1v) is 14.7. The van der Waals surface area contributed by atoms with E-state index in [0.717, 1.165) is 42.9 Å². The molecule has 0 saturated carbocycles. The van der Waals surface area contributed by atoms with Crippen LogP contribution in [0.15, 0.2) is 18.3 Å². The summed E-state index contributed by atoms with van der Waals surface area (Å²) in [5.74, 6) is 0.205. The average molecular weight is 537 g/mol. The minimum absolute atomic E-state index is 0.236. The van der Waals surface area contributed by atoms with Crippen LogP contribution in [0.4, 0.5) is 4.79 Å². The Hall–Kier alpha value is -2.77. The van der Waals surface area contributed by atoms with Crippen molar-refractivity contribution >= 4 is 16.1 Å². The Balaban J connectivity index is 1.21. The van der Waals surface area contributed by atoms with Crippen LogP contribution in [0.1, 0.15) is 49.9 Å². The smallest absolute Gasteiger partial charge is 0.434 e. The van der Waals surface area contributed by atoms with Gasteiger partial charge in [0.2, 0.25) is 21.8 Å². The maximum absolute atomic E-state index is 12.6. The van der Waals surface area contributed by atoms with E-state index >= 15 is 0 Å². The van der Waals surface area contributed by atoms with Crippen molar-refractivity contribution in [2.45, 2.75) is 45.2 Å². The van der Waals surface area contributed by atoms with E-state index in [1.165, 1.54) is 24.0 Å². The number of rotatable bonds is 6. The number of aromatic nitrogens is 3. The van der Waals surface area contributed by atoms with Crippen molar-refractivity contribution in [1.82, 2.24) is 28.6 Å². The highest BCUT2D eigenvalue weighted by Gasteiger charge is 2.43. The molecule has 1 amide bonds. The van der Waals surface area contributed by atoms with E-state index in [9.17, 15) is 23.4 Å². The lowest BCUT2D eigenvalue weighted by Crippen LogP contribution is -2.38. The van der Waals surface area contributed by atoms with Gasteiger partial charge in [-0.2, -0.15) is 5.10 Å². The second-order valence-corrected chi connectivity index (χ2v) is 12.9. The molecule has 2 aromatic rings. The third-order valence-electron chi connectivity index (χ3n) is 7.86. The molecule has 2 atom stereocenters. The van der Waals surface area contributed by atoms with Crippen molar-refractivity contribution in [1.29, 1.82) is 0 Å². The number of sulfonamides is 1. The van der Waals surface area contributed by atoms with Crippen molar-refractivity contribution < 1.29 is 28.3 Å². The predicted octanol–water partition coefficient (Wildman–Crippen LogP) is 1.43. The molecule has 5 rings (SSSR count). The molecule has 3 saturated heterocycles. The zero-order chi connectivity index (χ0) is 26.5. The van der Waals surface area contributed by atoms with E-state index in [4.69, 9.17) is 9.94 Å². The minimum atomic E-state index is -3.17. The SMILES string of the molecule is CC(C)n1cc(CN2CC3CN(C(=O)On4c(O)ccc4O)CC3C2)c(C2CCN(S(C)(=O)=O)CC2)n1. The summed E-state index contributed by atoms with van der Waals surface area (Å²) in [6, 6.07) is 2.74. The lowest BCUT2D eigenvalue weighted by molar-refractivity contribution is 0.0774. The van der Waals surface area contributed by atoms with E-state index in [-0.39, 0.29) is 23.7 Å². The van der Waals surface area contributed by atoms with Gasteiger partial charge in [0.15, 0.2) is 0 Å². The summed E-state index contributed by atoms with van der Waals surface area (Å²) in [5, 5.41) is 24.4. The highest BCUT2D eigenvalue weighted by molar-refractivity contribution is 7.88. The molecule has 2 unspecified atom stereocenters. The first kappa shape index (κ1) is 25.9. The summed E-state index contributed by atoms with van der Waals surface area (Å²) in [6.45, 7) is 8.86. The maximum atomic E-state index is 12.6. The molecule has 3 aliphatic rings. The molecule has 0 aromatic carbocycles. The van der Waals surface area contributed by atoms with Gasteiger partial charge in [0.05, 0.1) is 11.9 Å². The Morgan fingerprint density at radius 3 is 2.22 bits per heavy atom. The van der Waals surface area contributed by atoms with Gasteiger partial charge in [0.25, 0.3) is 0 Å². The third-order valence-corrected chi connectivity index (χ3v) is 9.16. The maximum Gasteiger partial charge on any atom is 0.434 e. The summed E-state index contributed by atoms with van der Waals surface area (Å²) in [7, 11) is -3.17. The Morgan fingerprint density at radius 1 is 1.08 bits per heavy atom. The lowest BCUT2D eigenvalue weighted by atomic mass is 9.92. The second kappa shape index (κ2) is 9.84. The molecule has 2 N–H and O–H groups in total. The van der Waals surface area contributed by atoms with Crippen LogP contribution in [-0.2, 0) is 16.6 Å². The van der Waals surface area contributed by atoms with Gasteiger partial charge in [-0.05, 0) is 38.5 Å². The Bertz CT molecular complexity index is 1210. The largest absolute Gasteiger partial charge is 0.492 e. The lowest BCUT2D eigenvalue weighted by Gasteiger charge is -2.30. The molecular weight excluding hydrogens is 500 g/mol. The summed E-state index contributed by atoms with van der Waals surface area (Å²) in [4.78, 5) is 21.8. The fourth-order valence-electron chi connectivity index (χ4n) is 5.87. The molecule has 204 valence electrons. The average Bonchev–Trinajstić information content (AvgIpc) is 3.59. The van der Waals surface area contributed by atoms with Crippen LogP contribution < -0.4 is 4.84 Å². The van der Waals surface area contributed by atoms with Gasteiger partial charge in [-0.25, -0.2) is 17.5 Å². The van der Waals surface area contributed by atoms with Gasteiger partial charge >= 0.3 is 6.09 Å². The fraction of sp³-hybridized carbons (Fsp3) is 0.667. The molecule has 3 fully saturated rings. The molecule has 0 radical (unpaired) electrons. The second-order valence-electron chi connectivity index (χ2n) is 10.9. The zero-order valence-electron chi connectivity index (χ0n) is 21.5. The third kappa shape index (κ3) is 5.30. The molecule has 3 aliphatic heterocycles. The summed E-state index contributed by atoms with van der Waals surface area (Å²) in [5.41, 5.74) is 2.27. The van der Waals surface area contributed by atoms with Gasteiger partial charge in [-0.1, -0.05) is 0 Å². The van der Waals surface area contributed by atoms with Crippen molar-refractivity contribution in [3.05, 3.63) is 29.6 Å². The van der Waals surface area contributed by atoms with E-state index in [1.807, 2.05) is 4.68 Å². The summed E-state index contributed by atoms with van der Waals surface area (Å²) >= 11 is 0. The van der Waals surface area contributed by atoms with E-state index < -0.39 is 16.1 Å². The van der Waals surface area contributed by atoms with Crippen LogP contribution in [-0.4, -0.2) is 98.9 Å². The van der Waals surface area contributed by atoms with Crippen LogP contribution in [0.2, 0.25) is 0 Å². The molecule has 0 bridgehead atoms. The van der Waals surface area contributed by atoms with Gasteiger partial charge in [0, 0.05) is 81.7 Å². The first-order valence-electron chi connectivity index (χ1n) is 12.8. The van der Waals surface area contributed by atoms with E-state index in [2.05, 4.69) is 24.9 Å². The molecule has 0 spiro atoms. The summed E-state index contributed by atoms with van der Waals surface area (Å²) in [6.07, 6.45) is 4.35. The zero-order valence-corrected chi connectivity index (χ0v) is 22.3. The number of hydrogen-bond acceptors (Lipinski definition) is 8. The van der Waals surface area contributed by atoms with Gasteiger partial charge < -0.3 is 20.0 Å². The molecule has 2 aromatic heterocycles. The summed E-state index contributed by atoms with van der Waals surface area (Å²) < 4.78 is 28.1. The van der Waals surface area contributed by atoms with E-state index in [1.54, 1.807) is 9.21 Å². The van der Waals surface area contributed by atoms with Gasteiger partial charge in [-0.15, -0.1) is 4.73 Å². The molecule has 13 heteroatoms. The minimum Gasteiger partial charge on any atom is -0.492 e. The van der Waals surface area contributed by atoms with Crippen molar-refractivity contribution in [3.8, 4) is 11.8 Å². The number of likely N-dealkylation sites (tertiary alicyclic amines) is 2. The van der Waals surface area contributed by atoms with Crippen molar-refractivity contribution in [2.24, 2.45) is 11.8 Å². The number of carbonyl (C=O) groups excluding carboxylic acids is 1. The fourth-order valence-corrected chi connectivity index (χ4v) is 6.75. The Kier molecular flexibility index (Phi) is 6.88. The van der Waals surface area contributed by atoms with Crippen molar-refractivity contribution in [2.75, 3.05) is 45.5 Å². The van der Waals surface area contributed by atoms with Crippen LogP contribution in [0.25, 0.3) is 0 Å². The number of amides is 1. The highest BCUT2D eigenvalue weighted by Crippen LogP contribution is 2.35. The number of nitrogens with zero attached hydrogens (tertiary/aromatic N) is 6. The van der Waals surface area contributed by atoms with Crippen LogP contribution in [0.3, 0.4) is 0 Å². The van der Waals surface area contributed by atoms with Crippen LogP contribution in [0, 0.1) is 11.8 Å². The number of fused-ring (bicyclic) bond motifs is 1. The Morgan fingerprint density at radius 2 is 1.68 bits per heavy atom. The molecule has 0 aliphatic carbocycles. The molecule has 37 heavy (non-hydrogen) atoms. The predicted molar refractivity (Wildman–Crippen MR) is 135 cm³/mol. The monoisotopic (exact) mass is 536 g/mol. The molecule has 12 nitrogen and oxygen atoms in total. The van der Waals surface area contributed by atoms with Crippen LogP contribution in [0.5, 0.6) is 11.8 Å². The molecule has 5 heterocycles. The van der Waals surface area contributed by atoms with Gasteiger partial charge in [-0.3, -0.25) is 9.58 Å². The number of aromatic hydroxyl groups is 2. The standard InChI is InChI=1S/C24H36N6O6S/c1-16(2)29-15-20(23(25-29)17-6-8-28(9-7-17)37(3,34)35)12-26-10-18-13-27(14-19(18)11-26)24(33)36-30-21(31)4-5-22(30)32/h4-5,15-19,31-32H,6-14H2,1-3H3. The molecular formula is C24H36N6O6S. The van der Waals surface area contributed by atoms with E-state index in [0.29, 0.717) is 38.0 Å². The van der Waals surface area contributed by atoms with Crippen LogP contribution >= 0.6 is 0 Å². The quantitative estimate of drug-likeness (QED) is 0.567. The highest BCUT2D eigenvalue weighted by atomic mass is 32.2. The number of carbonyl (C=O) groups is 1. The van der Waals surface area contributed by atoms with Gasteiger partial charge in [0.1, 0.15) is 0 Å². The van der Waals surface area contributed by atoms with Crippen molar-refractivity contribution in [3.63, 3.8) is 0 Å². The normalized spacial score (nSPS) is 23.7. The number of hydrogen-bond donors (Lipinski definition) is 2. The first-order chi connectivity index (χ1) is 17.5. The topological polar surface area (TPSA) is 133 Å². The number of piperidine rings is 1. The Labute approximate surface area is 217 Å².